The van der Waals surface area contributed by atoms with Gasteiger partial charge in [-0.3, -0.25) is 5.10 Å². The molecule has 2 rings (SSSR count). The third kappa shape index (κ3) is 3.53. The maximum atomic E-state index is 12.0. The van der Waals surface area contributed by atoms with Crippen molar-refractivity contribution in [1.29, 1.82) is 0 Å². The van der Waals surface area contributed by atoms with Gasteiger partial charge in [0.1, 0.15) is 5.54 Å². The fraction of sp³-hybridized carbons (Fsp3) is 0.643. The van der Waals surface area contributed by atoms with E-state index in [9.17, 15) is 14.7 Å². The lowest BCUT2D eigenvalue weighted by Crippen LogP contribution is -2.58. The van der Waals surface area contributed by atoms with Gasteiger partial charge >= 0.3 is 12.0 Å². The minimum absolute atomic E-state index is 0.320. The van der Waals surface area contributed by atoms with Crippen molar-refractivity contribution in [3.63, 3.8) is 0 Å². The number of carboxylic acids is 1. The molecule has 1 aliphatic rings. The number of rotatable bonds is 4. The van der Waals surface area contributed by atoms with Gasteiger partial charge in [-0.1, -0.05) is 6.92 Å². The molecule has 1 aromatic rings. The molecule has 1 heterocycles. The number of amides is 2. The van der Waals surface area contributed by atoms with E-state index in [4.69, 9.17) is 0 Å². The predicted molar refractivity (Wildman–Crippen MR) is 76.7 cm³/mol. The number of carbonyl (C=O) groups excluding carboxylic acids is 1. The van der Waals surface area contributed by atoms with Crippen LogP contribution in [-0.2, 0) is 11.3 Å². The van der Waals surface area contributed by atoms with E-state index in [1.807, 2.05) is 6.92 Å². The first-order valence-electron chi connectivity index (χ1n) is 7.21. The molecule has 0 spiro atoms. The normalized spacial score (nSPS) is 25.3. The Morgan fingerprint density at radius 2 is 2.14 bits per heavy atom. The largest absolute Gasteiger partial charge is 0.480 e. The van der Waals surface area contributed by atoms with E-state index in [-0.39, 0.29) is 0 Å². The maximum absolute atomic E-state index is 12.0. The van der Waals surface area contributed by atoms with Crippen molar-refractivity contribution >= 4 is 12.0 Å². The van der Waals surface area contributed by atoms with Gasteiger partial charge in [-0.2, -0.15) is 5.10 Å². The van der Waals surface area contributed by atoms with Crippen LogP contribution in [0.4, 0.5) is 4.79 Å². The Bertz CT molecular complexity index is 518. The highest BCUT2D eigenvalue weighted by molar-refractivity contribution is 5.86. The quantitative estimate of drug-likeness (QED) is 0.675. The Balaban J connectivity index is 1.93. The second-order valence-electron chi connectivity index (χ2n) is 5.90. The summed E-state index contributed by atoms with van der Waals surface area (Å²) in [5, 5.41) is 21.5. The second-order valence-corrected chi connectivity index (χ2v) is 5.90. The SMILES string of the molecule is Cc1[nH]ncc1CNC(=O)NC1(C(=O)O)CCC(C)CC1. The van der Waals surface area contributed by atoms with Crippen molar-refractivity contribution in [2.24, 2.45) is 5.92 Å². The van der Waals surface area contributed by atoms with Gasteiger partial charge in [-0.05, 0) is 38.5 Å². The molecule has 116 valence electrons. The summed E-state index contributed by atoms with van der Waals surface area (Å²) < 4.78 is 0. The number of urea groups is 1. The minimum Gasteiger partial charge on any atom is -0.480 e. The van der Waals surface area contributed by atoms with Crippen LogP contribution in [0, 0.1) is 12.8 Å². The van der Waals surface area contributed by atoms with Crippen LogP contribution < -0.4 is 10.6 Å². The summed E-state index contributed by atoms with van der Waals surface area (Å²) in [4.78, 5) is 23.5. The second kappa shape index (κ2) is 6.15. The van der Waals surface area contributed by atoms with Crippen molar-refractivity contribution in [2.45, 2.75) is 51.6 Å². The zero-order valence-electron chi connectivity index (χ0n) is 12.4. The lowest BCUT2D eigenvalue weighted by atomic mass is 9.77. The summed E-state index contributed by atoms with van der Waals surface area (Å²) in [6, 6.07) is -0.451. The molecular weight excluding hydrogens is 272 g/mol. The van der Waals surface area contributed by atoms with Crippen LogP contribution in [0.3, 0.4) is 0 Å². The molecule has 0 atom stereocenters. The number of aromatic amines is 1. The number of nitrogens with one attached hydrogen (secondary N) is 3. The zero-order chi connectivity index (χ0) is 15.5. The first-order valence-corrected chi connectivity index (χ1v) is 7.21. The molecule has 2 amide bonds. The molecular formula is C14H22N4O3. The van der Waals surface area contributed by atoms with Crippen LogP contribution in [0.2, 0.25) is 0 Å². The number of hydrogen-bond donors (Lipinski definition) is 4. The standard InChI is InChI=1S/C14H22N4O3/c1-9-3-5-14(6-4-9,12(19)20)17-13(21)15-7-11-8-16-18-10(11)2/h8-9H,3-7H2,1-2H3,(H,16,18)(H,19,20)(H2,15,17,21). The number of hydrogen-bond acceptors (Lipinski definition) is 3. The van der Waals surface area contributed by atoms with Gasteiger partial charge in [-0.15, -0.1) is 0 Å². The fourth-order valence-electron chi connectivity index (χ4n) is 2.64. The summed E-state index contributed by atoms with van der Waals surface area (Å²) in [6.07, 6.45) is 4.22. The predicted octanol–water partition coefficient (Wildman–Crippen LogP) is 1.55. The van der Waals surface area contributed by atoms with Gasteiger partial charge in [0.05, 0.1) is 6.20 Å². The summed E-state index contributed by atoms with van der Waals surface area (Å²) in [7, 11) is 0. The number of carboxylic acid groups (broad SMARTS) is 1. The highest BCUT2D eigenvalue weighted by atomic mass is 16.4. The fourth-order valence-corrected chi connectivity index (χ4v) is 2.64. The number of carbonyl (C=O) groups is 2. The number of nitrogens with zero attached hydrogens (tertiary/aromatic N) is 1. The van der Waals surface area contributed by atoms with Gasteiger partial charge in [0.15, 0.2) is 0 Å². The summed E-state index contributed by atoms with van der Waals surface area (Å²) in [5.41, 5.74) is 0.628. The van der Waals surface area contributed by atoms with Crippen molar-refractivity contribution in [2.75, 3.05) is 0 Å². The lowest BCUT2D eigenvalue weighted by molar-refractivity contribution is -0.146. The monoisotopic (exact) mass is 294 g/mol. The number of aliphatic carboxylic acids is 1. The van der Waals surface area contributed by atoms with Crippen LogP contribution >= 0.6 is 0 Å². The highest BCUT2D eigenvalue weighted by Gasteiger charge is 2.42. The average molecular weight is 294 g/mol. The third-order valence-corrected chi connectivity index (χ3v) is 4.26. The molecule has 21 heavy (non-hydrogen) atoms. The average Bonchev–Trinajstić information content (AvgIpc) is 2.84. The molecule has 0 bridgehead atoms. The first-order chi connectivity index (χ1) is 9.93. The lowest BCUT2D eigenvalue weighted by Gasteiger charge is -2.36. The van der Waals surface area contributed by atoms with Gasteiger partial charge in [0.25, 0.3) is 0 Å². The molecule has 7 heteroatoms. The number of aryl methyl sites for hydroxylation is 1. The Kier molecular flexibility index (Phi) is 4.50. The smallest absolute Gasteiger partial charge is 0.329 e. The van der Waals surface area contributed by atoms with Crippen molar-refractivity contribution in [3.05, 3.63) is 17.5 Å². The van der Waals surface area contributed by atoms with Crippen LogP contribution in [-0.4, -0.2) is 32.8 Å². The maximum Gasteiger partial charge on any atom is 0.329 e. The van der Waals surface area contributed by atoms with E-state index in [1.54, 1.807) is 6.20 Å². The van der Waals surface area contributed by atoms with Gasteiger partial charge < -0.3 is 15.7 Å². The highest BCUT2D eigenvalue weighted by Crippen LogP contribution is 2.32. The van der Waals surface area contributed by atoms with Crippen LogP contribution in [0.1, 0.15) is 43.9 Å². The molecule has 0 unspecified atom stereocenters. The van der Waals surface area contributed by atoms with Crippen LogP contribution in [0.25, 0.3) is 0 Å². The van der Waals surface area contributed by atoms with E-state index in [1.165, 1.54) is 0 Å². The topological polar surface area (TPSA) is 107 Å². The van der Waals surface area contributed by atoms with Crippen molar-refractivity contribution in [3.8, 4) is 0 Å². The van der Waals surface area contributed by atoms with E-state index in [0.29, 0.717) is 25.3 Å². The van der Waals surface area contributed by atoms with Crippen LogP contribution in [0.5, 0.6) is 0 Å². The first kappa shape index (κ1) is 15.3. The van der Waals surface area contributed by atoms with Gasteiger partial charge in [0.2, 0.25) is 0 Å². The zero-order valence-corrected chi connectivity index (χ0v) is 12.4. The molecule has 0 aromatic carbocycles. The molecule has 4 N–H and O–H groups in total. The minimum atomic E-state index is -1.14. The Hall–Kier alpha value is -2.05. The van der Waals surface area contributed by atoms with E-state index in [0.717, 1.165) is 24.1 Å². The summed E-state index contributed by atoms with van der Waals surface area (Å²) in [5.74, 6) is -0.444. The summed E-state index contributed by atoms with van der Waals surface area (Å²) >= 11 is 0. The Labute approximate surface area is 123 Å². The van der Waals surface area contributed by atoms with Crippen molar-refractivity contribution < 1.29 is 14.7 Å². The summed E-state index contributed by atoms with van der Waals surface area (Å²) in [6.45, 7) is 4.29. The van der Waals surface area contributed by atoms with Gasteiger partial charge in [-0.25, -0.2) is 9.59 Å². The molecule has 1 fully saturated rings. The number of H-pyrrole nitrogens is 1. The van der Waals surface area contributed by atoms with Gasteiger partial charge in [0, 0.05) is 17.8 Å². The van der Waals surface area contributed by atoms with E-state index in [2.05, 4.69) is 27.8 Å². The molecule has 7 nitrogen and oxygen atoms in total. The Morgan fingerprint density at radius 3 is 2.67 bits per heavy atom. The number of aromatic nitrogens is 2. The van der Waals surface area contributed by atoms with Crippen molar-refractivity contribution in [1.82, 2.24) is 20.8 Å². The molecule has 1 aliphatic carbocycles. The molecule has 0 saturated heterocycles. The molecule has 0 radical (unpaired) electrons. The molecule has 1 saturated carbocycles. The van der Waals surface area contributed by atoms with Crippen LogP contribution in [0.15, 0.2) is 6.20 Å². The molecule has 1 aromatic heterocycles. The van der Waals surface area contributed by atoms with E-state index >= 15 is 0 Å². The van der Waals surface area contributed by atoms with E-state index < -0.39 is 17.5 Å². The Morgan fingerprint density at radius 1 is 1.48 bits per heavy atom. The third-order valence-electron chi connectivity index (χ3n) is 4.26. The molecule has 0 aliphatic heterocycles.